The van der Waals surface area contributed by atoms with E-state index in [1.165, 1.54) is 35.9 Å². The van der Waals surface area contributed by atoms with E-state index in [0.717, 1.165) is 12.1 Å². The van der Waals surface area contributed by atoms with Gasteiger partial charge in [0.25, 0.3) is 5.56 Å². The Bertz CT molecular complexity index is 1660. The standard InChI is InChI=1S/C25H16F3N5O2/c1-14(34)31-21-9-5-15(12-30-21)19-7-8-20-23(32-19)24-16(13-29-20)6-10-22(35)33(24)18-4-2-3-17(11-18)25(26,27)28/h2-13H,1H3,(H,30,31,34). The molecule has 7 nitrogen and oxygen atoms in total. The molecule has 0 aliphatic heterocycles. The van der Waals surface area contributed by atoms with E-state index in [2.05, 4.69) is 15.3 Å². The average molecular weight is 475 g/mol. The van der Waals surface area contributed by atoms with Gasteiger partial charge in [-0.15, -0.1) is 0 Å². The zero-order valence-corrected chi connectivity index (χ0v) is 18.2. The van der Waals surface area contributed by atoms with Gasteiger partial charge in [-0.3, -0.25) is 19.1 Å². The van der Waals surface area contributed by atoms with Crippen LogP contribution in [0.15, 0.2) is 77.9 Å². The number of pyridine rings is 4. The number of carbonyl (C=O) groups is 1. The van der Waals surface area contributed by atoms with Crippen LogP contribution in [0.4, 0.5) is 19.0 Å². The second kappa shape index (κ2) is 8.32. The fourth-order valence-electron chi connectivity index (χ4n) is 3.81. The second-order valence-corrected chi connectivity index (χ2v) is 7.79. The van der Waals surface area contributed by atoms with E-state index in [1.807, 2.05) is 0 Å². The van der Waals surface area contributed by atoms with Crippen LogP contribution in [-0.2, 0) is 11.0 Å². The highest BCUT2D eigenvalue weighted by molar-refractivity contribution is 6.02. The molecule has 5 rings (SSSR count). The Kier molecular flexibility index (Phi) is 5.28. The lowest BCUT2D eigenvalue weighted by Crippen LogP contribution is -2.18. The number of hydrogen-bond acceptors (Lipinski definition) is 5. The van der Waals surface area contributed by atoms with Crippen LogP contribution < -0.4 is 10.9 Å². The third kappa shape index (κ3) is 4.21. The Balaban J connectivity index is 1.74. The van der Waals surface area contributed by atoms with Gasteiger partial charge in [0.2, 0.25) is 5.91 Å². The van der Waals surface area contributed by atoms with Crippen molar-refractivity contribution in [1.29, 1.82) is 0 Å². The van der Waals surface area contributed by atoms with Crippen LogP contribution in [0.3, 0.4) is 0 Å². The maximum atomic E-state index is 13.4. The van der Waals surface area contributed by atoms with Crippen molar-refractivity contribution in [2.45, 2.75) is 13.1 Å². The Hall–Kier alpha value is -4.60. The number of alkyl halides is 3. The SMILES string of the molecule is CC(=O)Nc1ccc(-c2ccc3ncc4ccc(=O)n(-c5cccc(C(F)(F)F)c5)c4c3n2)cn1. The first-order valence-corrected chi connectivity index (χ1v) is 10.4. The monoisotopic (exact) mass is 475 g/mol. The molecular weight excluding hydrogens is 459 g/mol. The summed E-state index contributed by atoms with van der Waals surface area (Å²) >= 11 is 0. The number of aromatic nitrogens is 4. The number of fused-ring (bicyclic) bond motifs is 3. The molecular formula is C25H16F3N5O2. The lowest BCUT2D eigenvalue weighted by atomic mass is 10.1. The highest BCUT2D eigenvalue weighted by atomic mass is 19.4. The summed E-state index contributed by atoms with van der Waals surface area (Å²) in [5.74, 6) is 0.131. The van der Waals surface area contributed by atoms with E-state index < -0.39 is 17.3 Å². The highest BCUT2D eigenvalue weighted by Gasteiger charge is 2.30. The summed E-state index contributed by atoms with van der Waals surface area (Å²) in [5, 5.41) is 3.13. The van der Waals surface area contributed by atoms with Crippen molar-refractivity contribution in [2.24, 2.45) is 0 Å². The van der Waals surface area contributed by atoms with Crippen LogP contribution in [-0.4, -0.2) is 25.4 Å². The zero-order valence-electron chi connectivity index (χ0n) is 18.2. The predicted molar refractivity (Wildman–Crippen MR) is 125 cm³/mol. The summed E-state index contributed by atoms with van der Waals surface area (Å²) in [6.07, 6.45) is -1.47. The lowest BCUT2D eigenvalue weighted by Gasteiger charge is -2.14. The second-order valence-electron chi connectivity index (χ2n) is 7.79. The number of amides is 1. The quantitative estimate of drug-likeness (QED) is 0.372. The fourth-order valence-corrected chi connectivity index (χ4v) is 3.81. The molecule has 174 valence electrons. The molecule has 0 spiro atoms. The first-order chi connectivity index (χ1) is 16.7. The van der Waals surface area contributed by atoms with Crippen molar-refractivity contribution in [3.8, 4) is 16.9 Å². The van der Waals surface area contributed by atoms with Crippen LogP contribution >= 0.6 is 0 Å². The Morgan fingerprint density at radius 2 is 1.80 bits per heavy atom. The van der Waals surface area contributed by atoms with Crippen LogP contribution in [0.25, 0.3) is 38.9 Å². The largest absolute Gasteiger partial charge is 0.416 e. The molecule has 0 bridgehead atoms. The van der Waals surface area contributed by atoms with Crippen molar-refractivity contribution >= 4 is 33.7 Å². The number of hydrogen-bond donors (Lipinski definition) is 1. The number of nitrogens with one attached hydrogen (secondary N) is 1. The molecule has 0 radical (unpaired) electrons. The number of halogens is 3. The molecule has 5 aromatic rings. The molecule has 0 unspecified atom stereocenters. The van der Waals surface area contributed by atoms with Gasteiger partial charge in [0.15, 0.2) is 0 Å². The van der Waals surface area contributed by atoms with Crippen LogP contribution in [0.1, 0.15) is 12.5 Å². The van der Waals surface area contributed by atoms with Gasteiger partial charge < -0.3 is 5.32 Å². The highest BCUT2D eigenvalue weighted by Crippen LogP contribution is 2.32. The molecule has 0 aliphatic carbocycles. The van der Waals surface area contributed by atoms with Gasteiger partial charge in [-0.2, -0.15) is 13.2 Å². The molecule has 35 heavy (non-hydrogen) atoms. The third-order valence-corrected chi connectivity index (χ3v) is 5.36. The van der Waals surface area contributed by atoms with E-state index in [1.54, 1.807) is 36.5 Å². The number of rotatable bonds is 3. The van der Waals surface area contributed by atoms with Crippen LogP contribution in [0, 0.1) is 0 Å². The zero-order chi connectivity index (χ0) is 24.7. The molecule has 0 saturated heterocycles. The molecule has 0 fully saturated rings. The van der Waals surface area contributed by atoms with E-state index in [4.69, 9.17) is 4.98 Å². The normalized spacial score (nSPS) is 11.7. The van der Waals surface area contributed by atoms with Crippen molar-refractivity contribution in [2.75, 3.05) is 5.32 Å². The van der Waals surface area contributed by atoms with Gasteiger partial charge >= 0.3 is 6.18 Å². The Labute approximate surface area is 195 Å². The maximum absolute atomic E-state index is 13.4. The summed E-state index contributed by atoms with van der Waals surface area (Å²) in [6, 6.07) is 14.2. The first kappa shape index (κ1) is 22.2. The minimum absolute atomic E-state index is 0.0662. The lowest BCUT2D eigenvalue weighted by molar-refractivity contribution is -0.137. The Morgan fingerprint density at radius 3 is 2.51 bits per heavy atom. The van der Waals surface area contributed by atoms with Gasteiger partial charge in [0.05, 0.1) is 22.3 Å². The van der Waals surface area contributed by atoms with Crippen LogP contribution in [0.5, 0.6) is 0 Å². The molecule has 4 aromatic heterocycles. The smallest absolute Gasteiger partial charge is 0.311 e. The average Bonchev–Trinajstić information content (AvgIpc) is 2.83. The van der Waals surface area contributed by atoms with Crippen LogP contribution in [0.2, 0.25) is 0 Å². The van der Waals surface area contributed by atoms with E-state index in [0.29, 0.717) is 39.0 Å². The number of benzene rings is 1. The predicted octanol–water partition coefficient (Wildman–Crippen LogP) is 4.97. The van der Waals surface area contributed by atoms with E-state index in [9.17, 15) is 22.8 Å². The molecule has 0 atom stereocenters. The van der Waals surface area contributed by atoms with Crippen molar-refractivity contribution < 1.29 is 18.0 Å². The van der Waals surface area contributed by atoms with Crippen molar-refractivity contribution in [3.05, 3.63) is 89.0 Å². The van der Waals surface area contributed by atoms with E-state index in [-0.39, 0.29) is 11.6 Å². The first-order valence-electron chi connectivity index (χ1n) is 10.4. The topological polar surface area (TPSA) is 89.8 Å². The number of carbonyl (C=O) groups excluding carboxylic acids is 1. The molecule has 0 saturated carbocycles. The van der Waals surface area contributed by atoms with Crippen molar-refractivity contribution in [1.82, 2.24) is 19.5 Å². The van der Waals surface area contributed by atoms with Gasteiger partial charge in [-0.05, 0) is 48.5 Å². The van der Waals surface area contributed by atoms with E-state index >= 15 is 0 Å². The molecule has 4 heterocycles. The molecule has 1 N–H and O–H groups in total. The third-order valence-electron chi connectivity index (χ3n) is 5.36. The minimum atomic E-state index is -4.56. The Morgan fingerprint density at radius 1 is 0.971 bits per heavy atom. The number of nitrogens with zero attached hydrogens (tertiary/aromatic N) is 4. The molecule has 10 heteroatoms. The fraction of sp³-hybridized carbons (Fsp3) is 0.0800. The van der Waals surface area contributed by atoms with Crippen molar-refractivity contribution in [3.63, 3.8) is 0 Å². The summed E-state index contributed by atoms with van der Waals surface area (Å²) < 4.78 is 41.3. The summed E-state index contributed by atoms with van der Waals surface area (Å²) in [6.45, 7) is 1.38. The number of anilines is 1. The molecule has 1 aromatic carbocycles. The summed E-state index contributed by atoms with van der Waals surface area (Å²) in [4.78, 5) is 37.4. The van der Waals surface area contributed by atoms with Gasteiger partial charge in [0.1, 0.15) is 11.3 Å². The van der Waals surface area contributed by atoms with Gasteiger partial charge in [0, 0.05) is 42.0 Å². The van der Waals surface area contributed by atoms with Gasteiger partial charge in [-0.25, -0.2) is 9.97 Å². The molecule has 1 amide bonds. The van der Waals surface area contributed by atoms with Gasteiger partial charge in [-0.1, -0.05) is 6.07 Å². The molecule has 0 aliphatic rings. The summed E-state index contributed by atoms with van der Waals surface area (Å²) in [7, 11) is 0. The minimum Gasteiger partial charge on any atom is -0.311 e. The maximum Gasteiger partial charge on any atom is 0.416 e. The summed E-state index contributed by atoms with van der Waals surface area (Å²) in [5.41, 5.74) is 1.01.